The lowest BCUT2D eigenvalue weighted by Crippen LogP contribution is -2.10. The van der Waals surface area contributed by atoms with E-state index in [1.807, 2.05) is 0 Å². The molecule has 0 spiro atoms. The molecule has 4 heteroatoms. The number of nitrogens with one attached hydrogen (secondary N) is 1. The van der Waals surface area contributed by atoms with Crippen LogP contribution in [0.2, 0.25) is 0 Å². The SMILES string of the molecule is CC(Nc1ccc(O)cc1)c1c(F)cccc1F. The first-order valence-electron chi connectivity index (χ1n) is 5.57. The third-order valence-electron chi connectivity index (χ3n) is 2.68. The van der Waals surface area contributed by atoms with Crippen LogP contribution in [-0.4, -0.2) is 5.11 Å². The lowest BCUT2D eigenvalue weighted by molar-refractivity contribution is 0.475. The number of phenolic OH excluding ortho intramolecular Hbond substituents is 1. The first-order chi connectivity index (χ1) is 8.58. The van der Waals surface area contributed by atoms with Crippen LogP contribution in [-0.2, 0) is 0 Å². The van der Waals surface area contributed by atoms with Crippen molar-refractivity contribution in [3.8, 4) is 5.75 Å². The van der Waals surface area contributed by atoms with E-state index in [2.05, 4.69) is 5.32 Å². The summed E-state index contributed by atoms with van der Waals surface area (Å²) in [7, 11) is 0. The van der Waals surface area contributed by atoms with Crippen molar-refractivity contribution in [3.05, 3.63) is 59.7 Å². The topological polar surface area (TPSA) is 32.3 Å². The molecule has 0 aliphatic carbocycles. The summed E-state index contributed by atoms with van der Waals surface area (Å²) in [6.45, 7) is 1.67. The van der Waals surface area contributed by atoms with Gasteiger partial charge in [-0.2, -0.15) is 0 Å². The Morgan fingerprint density at radius 2 is 1.56 bits per heavy atom. The minimum Gasteiger partial charge on any atom is -0.508 e. The molecule has 0 aromatic heterocycles. The summed E-state index contributed by atoms with van der Waals surface area (Å²) in [6, 6.07) is 9.59. The molecule has 0 radical (unpaired) electrons. The van der Waals surface area contributed by atoms with Gasteiger partial charge in [0.25, 0.3) is 0 Å². The van der Waals surface area contributed by atoms with Crippen molar-refractivity contribution in [2.45, 2.75) is 13.0 Å². The van der Waals surface area contributed by atoms with E-state index in [1.165, 1.54) is 30.3 Å². The van der Waals surface area contributed by atoms with Crippen molar-refractivity contribution in [2.24, 2.45) is 0 Å². The molecule has 2 N–H and O–H groups in total. The van der Waals surface area contributed by atoms with Crippen LogP contribution in [0.25, 0.3) is 0 Å². The predicted molar refractivity (Wildman–Crippen MR) is 66.5 cm³/mol. The van der Waals surface area contributed by atoms with Crippen LogP contribution in [0.15, 0.2) is 42.5 Å². The maximum absolute atomic E-state index is 13.5. The third kappa shape index (κ3) is 2.59. The van der Waals surface area contributed by atoms with E-state index >= 15 is 0 Å². The molecule has 18 heavy (non-hydrogen) atoms. The smallest absolute Gasteiger partial charge is 0.131 e. The van der Waals surface area contributed by atoms with Gasteiger partial charge in [-0.1, -0.05) is 6.07 Å². The Morgan fingerprint density at radius 1 is 1.00 bits per heavy atom. The Labute approximate surface area is 104 Å². The molecule has 0 heterocycles. The molecule has 1 atom stereocenters. The quantitative estimate of drug-likeness (QED) is 0.810. The molecule has 1 unspecified atom stereocenters. The van der Waals surface area contributed by atoms with E-state index in [0.29, 0.717) is 5.69 Å². The number of anilines is 1. The van der Waals surface area contributed by atoms with Gasteiger partial charge in [0, 0.05) is 11.3 Å². The Morgan fingerprint density at radius 3 is 2.11 bits per heavy atom. The Hall–Kier alpha value is -2.10. The Kier molecular flexibility index (Phi) is 3.46. The minimum atomic E-state index is -0.575. The second-order valence-electron chi connectivity index (χ2n) is 4.05. The maximum atomic E-state index is 13.5. The molecule has 0 fully saturated rings. The largest absolute Gasteiger partial charge is 0.508 e. The molecule has 0 aliphatic heterocycles. The molecule has 0 bridgehead atoms. The van der Waals surface area contributed by atoms with Crippen molar-refractivity contribution >= 4 is 5.69 Å². The molecule has 2 aromatic rings. The molecule has 0 aliphatic rings. The molecular formula is C14H13F2NO. The average molecular weight is 249 g/mol. The van der Waals surface area contributed by atoms with Gasteiger partial charge in [-0.05, 0) is 43.3 Å². The number of phenols is 1. The molecule has 0 saturated carbocycles. The number of halogens is 2. The van der Waals surface area contributed by atoms with Gasteiger partial charge in [-0.3, -0.25) is 0 Å². The lowest BCUT2D eigenvalue weighted by atomic mass is 10.1. The van der Waals surface area contributed by atoms with Gasteiger partial charge in [0.15, 0.2) is 0 Å². The van der Waals surface area contributed by atoms with E-state index < -0.39 is 17.7 Å². The molecular weight excluding hydrogens is 236 g/mol. The first kappa shape index (κ1) is 12.4. The van der Waals surface area contributed by atoms with Gasteiger partial charge in [-0.25, -0.2) is 8.78 Å². The molecule has 2 aromatic carbocycles. The number of aromatic hydroxyl groups is 1. The molecule has 0 amide bonds. The number of hydrogen-bond acceptors (Lipinski definition) is 2. The number of hydrogen-bond donors (Lipinski definition) is 2. The number of benzene rings is 2. The van der Waals surface area contributed by atoms with Gasteiger partial charge in [-0.15, -0.1) is 0 Å². The monoisotopic (exact) mass is 249 g/mol. The molecule has 0 saturated heterocycles. The zero-order valence-corrected chi connectivity index (χ0v) is 9.82. The fraction of sp³-hybridized carbons (Fsp3) is 0.143. The van der Waals surface area contributed by atoms with E-state index in [-0.39, 0.29) is 11.3 Å². The predicted octanol–water partition coefficient (Wildman–Crippen LogP) is 3.84. The number of rotatable bonds is 3. The second kappa shape index (κ2) is 5.04. The van der Waals surface area contributed by atoms with Crippen LogP contribution in [0.1, 0.15) is 18.5 Å². The van der Waals surface area contributed by atoms with Crippen molar-refractivity contribution in [3.63, 3.8) is 0 Å². The van der Waals surface area contributed by atoms with Crippen molar-refractivity contribution in [1.29, 1.82) is 0 Å². The van der Waals surface area contributed by atoms with Gasteiger partial charge in [0.05, 0.1) is 6.04 Å². The highest BCUT2D eigenvalue weighted by molar-refractivity contribution is 5.48. The van der Waals surface area contributed by atoms with Crippen molar-refractivity contribution < 1.29 is 13.9 Å². The Balaban J connectivity index is 2.22. The average Bonchev–Trinajstić information content (AvgIpc) is 2.32. The summed E-state index contributed by atoms with van der Waals surface area (Å²) in [5.74, 6) is -1.01. The summed E-state index contributed by atoms with van der Waals surface area (Å²) in [6.07, 6.45) is 0. The highest BCUT2D eigenvalue weighted by Gasteiger charge is 2.15. The summed E-state index contributed by atoms with van der Waals surface area (Å²) < 4.78 is 27.1. The minimum absolute atomic E-state index is 0.00516. The van der Waals surface area contributed by atoms with E-state index in [4.69, 9.17) is 5.11 Å². The zero-order chi connectivity index (χ0) is 13.1. The zero-order valence-electron chi connectivity index (χ0n) is 9.82. The summed E-state index contributed by atoms with van der Waals surface area (Å²) >= 11 is 0. The van der Waals surface area contributed by atoms with Gasteiger partial charge in [0.1, 0.15) is 17.4 Å². The summed E-state index contributed by atoms with van der Waals surface area (Å²) in [5, 5.41) is 12.1. The van der Waals surface area contributed by atoms with E-state index in [0.717, 1.165) is 0 Å². The Bertz CT molecular complexity index is 520. The van der Waals surface area contributed by atoms with Gasteiger partial charge < -0.3 is 10.4 Å². The highest BCUT2D eigenvalue weighted by Crippen LogP contribution is 2.25. The van der Waals surface area contributed by atoms with Crippen molar-refractivity contribution in [2.75, 3.05) is 5.32 Å². The van der Waals surface area contributed by atoms with Crippen LogP contribution < -0.4 is 5.32 Å². The molecule has 2 rings (SSSR count). The van der Waals surface area contributed by atoms with Crippen LogP contribution >= 0.6 is 0 Å². The molecule has 2 nitrogen and oxygen atoms in total. The maximum Gasteiger partial charge on any atom is 0.131 e. The van der Waals surface area contributed by atoms with Crippen LogP contribution in [0, 0.1) is 11.6 Å². The van der Waals surface area contributed by atoms with E-state index in [9.17, 15) is 8.78 Å². The fourth-order valence-electron chi connectivity index (χ4n) is 1.80. The lowest BCUT2D eigenvalue weighted by Gasteiger charge is -2.17. The van der Waals surface area contributed by atoms with Gasteiger partial charge in [0.2, 0.25) is 0 Å². The summed E-state index contributed by atoms with van der Waals surface area (Å²) in [4.78, 5) is 0. The normalized spacial score (nSPS) is 12.2. The van der Waals surface area contributed by atoms with Crippen LogP contribution in [0.5, 0.6) is 5.75 Å². The van der Waals surface area contributed by atoms with Crippen LogP contribution in [0.4, 0.5) is 14.5 Å². The fourth-order valence-corrected chi connectivity index (χ4v) is 1.80. The molecule has 94 valence electrons. The first-order valence-corrected chi connectivity index (χ1v) is 5.57. The highest BCUT2D eigenvalue weighted by atomic mass is 19.1. The van der Waals surface area contributed by atoms with Crippen LogP contribution in [0.3, 0.4) is 0 Å². The van der Waals surface area contributed by atoms with E-state index in [1.54, 1.807) is 19.1 Å². The second-order valence-corrected chi connectivity index (χ2v) is 4.05. The standard InChI is InChI=1S/C14H13F2NO/c1-9(14-12(15)3-2-4-13(14)16)17-10-5-7-11(18)8-6-10/h2-9,17-18H,1H3. The van der Waals surface area contributed by atoms with Crippen molar-refractivity contribution in [1.82, 2.24) is 0 Å². The summed E-state index contributed by atoms with van der Waals surface area (Å²) in [5.41, 5.74) is 0.688. The van der Waals surface area contributed by atoms with Gasteiger partial charge >= 0.3 is 0 Å². The third-order valence-corrected chi connectivity index (χ3v) is 2.68.